The smallest absolute Gasteiger partial charge is 0.0568 e. The minimum Gasteiger partial charge on any atom is -0.396 e. The Bertz CT molecular complexity index is 632. The third-order valence-electron chi connectivity index (χ3n) is 12.4. The molecule has 160 valence electrons. The highest BCUT2D eigenvalue weighted by atomic mass is 16.3. The molecule has 0 aliphatic heterocycles. The number of rotatable bonds is 1. The van der Waals surface area contributed by atoms with E-state index in [0.717, 1.165) is 24.2 Å². The fourth-order valence-corrected chi connectivity index (χ4v) is 10.6. The zero-order valence-electron chi connectivity index (χ0n) is 18.8. The van der Waals surface area contributed by atoms with Crippen LogP contribution >= 0.6 is 0 Å². The Labute approximate surface area is 172 Å². The minimum atomic E-state index is -0.0762. The molecule has 5 rings (SSSR count). The minimum absolute atomic E-state index is 0.0762. The number of aliphatic hydroxyl groups excluding tert-OH is 2. The van der Waals surface area contributed by atoms with Gasteiger partial charge in [0.05, 0.1) is 6.10 Å². The highest BCUT2D eigenvalue weighted by molar-refractivity contribution is 5.17. The second-order valence-corrected chi connectivity index (χ2v) is 12.7. The standard InChI is InChI=1S/C26H44O2/c1-17-18-9-13-25(4)22(23(18,2)12-10-21(17)28)8-7-19-20-6-5-11-26(20,16-27)15-14-24(19,25)3/h17-22,27-28H,5-16H2,1-4H3/t17-,18?,19?,20?,21+,22?,23+,24-,25-,26-/m1/s1. The zero-order valence-corrected chi connectivity index (χ0v) is 18.8. The molecule has 0 amide bonds. The van der Waals surface area contributed by atoms with Crippen LogP contribution in [0.3, 0.4) is 0 Å². The molecule has 0 heterocycles. The van der Waals surface area contributed by atoms with E-state index in [2.05, 4.69) is 27.7 Å². The Kier molecular flexibility index (Phi) is 4.41. The molecular formula is C26H44O2. The van der Waals surface area contributed by atoms with Crippen LogP contribution in [0.1, 0.15) is 98.3 Å². The lowest BCUT2D eigenvalue weighted by atomic mass is 9.33. The van der Waals surface area contributed by atoms with Crippen LogP contribution < -0.4 is 0 Å². The third kappa shape index (κ3) is 2.23. The maximum atomic E-state index is 10.6. The summed E-state index contributed by atoms with van der Waals surface area (Å²) in [6.45, 7) is 10.7. The molecular weight excluding hydrogens is 344 g/mol. The lowest BCUT2D eigenvalue weighted by Crippen LogP contribution is -2.65. The topological polar surface area (TPSA) is 40.5 Å². The van der Waals surface area contributed by atoms with E-state index in [9.17, 15) is 10.2 Å². The summed E-state index contributed by atoms with van der Waals surface area (Å²) < 4.78 is 0. The fourth-order valence-electron chi connectivity index (χ4n) is 10.6. The Morgan fingerprint density at radius 3 is 2.29 bits per heavy atom. The quantitative estimate of drug-likeness (QED) is 0.595. The summed E-state index contributed by atoms with van der Waals surface area (Å²) in [4.78, 5) is 0. The van der Waals surface area contributed by atoms with Crippen LogP contribution in [0.2, 0.25) is 0 Å². The van der Waals surface area contributed by atoms with Crippen molar-refractivity contribution in [2.45, 2.75) is 104 Å². The predicted molar refractivity (Wildman–Crippen MR) is 114 cm³/mol. The molecule has 0 aromatic heterocycles. The maximum absolute atomic E-state index is 10.6. The van der Waals surface area contributed by atoms with Gasteiger partial charge in [0, 0.05) is 6.61 Å². The van der Waals surface area contributed by atoms with Crippen LogP contribution in [0.15, 0.2) is 0 Å². The molecule has 2 N–H and O–H groups in total. The Morgan fingerprint density at radius 1 is 0.750 bits per heavy atom. The molecule has 10 atom stereocenters. The molecule has 0 aromatic rings. The molecule has 4 unspecified atom stereocenters. The average Bonchev–Trinajstić information content (AvgIpc) is 3.10. The van der Waals surface area contributed by atoms with E-state index in [1.165, 1.54) is 64.2 Å². The summed E-state index contributed by atoms with van der Waals surface area (Å²) in [5.41, 5.74) is 1.56. The highest BCUT2D eigenvalue weighted by Crippen LogP contribution is 2.75. The number of hydrogen-bond acceptors (Lipinski definition) is 2. The summed E-state index contributed by atoms with van der Waals surface area (Å²) in [6.07, 6.45) is 14.2. The van der Waals surface area contributed by atoms with Crippen molar-refractivity contribution in [1.29, 1.82) is 0 Å². The molecule has 5 aliphatic carbocycles. The Hall–Kier alpha value is -0.0800. The van der Waals surface area contributed by atoms with Crippen molar-refractivity contribution in [3.8, 4) is 0 Å². The van der Waals surface area contributed by atoms with Gasteiger partial charge in [0.15, 0.2) is 0 Å². The fraction of sp³-hybridized carbons (Fsp3) is 1.00. The van der Waals surface area contributed by atoms with Gasteiger partial charge in [-0.15, -0.1) is 0 Å². The summed E-state index contributed by atoms with van der Waals surface area (Å²) >= 11 is 0. The number of aliphatic hydroxyl groups is 2. The molecule has 0 aromatic carbocycles. The van der Waals surface area contributed by atoms with E-state index in [0.29, 0.717) is 34.7 Å². The highest BCUT2D eigenvalue weighted by Gasteiger charge is 2.68. The molecule has 5 fully saturated rings. The largest absolute Gasteiger partial charge is 0.396 e. The third-order valence-corrected chi connectivity index (χ3v) is 12.4. The lowest BCUT2D eigenvalue weighted by molar-refractivity contribution is -0.235. The molecule has 0 bridgehead atoms. The normalized spacial score (nSPS) is 61.1. The van der Waals surface area contributed by atoms with Crippen LogP contribution in [0.4, 0.5) is 0 Å². The second-order valence-electron chi connectivity index (χ2n) is 12.7. The molecule has 5 saturated carbocycles. The first kappa shape index (κ1) is 19.9. The van der Waals surface area contributed by atoms with Gasteiger partial charge in [0.1, 0.15) is 0 Å². The van der Waals surface area contributed by atoms with Gasteiger partial charge in [0.25, 0.3) is 0 Å². The van der Waals surface area contributed by atoms with E-state index < -0.39 is 0 Å². The van der Waals surface area contributed by atoms with Gasteiger partial charge < -0.3 is 10.2 Å². The van der Waals surface area contributed by atoms with Gasteiger partial charge in [0.2, 0.25) is 0 Å². The van der Waals surface area contributed by atoms with Crippen LogP contribution in [-0.4, -0.2) is 22.9 Å². The van der Waals surface area contributed by atoms with Gasteiger partial charge in [-0.25, -0.2) is 0 Å². The summed E-state index contributed by atoms with van der Waals surface area (Å²) in [7, 11) is 0. The summed E-state index contributed by atoms with van der Waals surface area (Å²) in [5.74, 6) is 3.59. The van der Waals surface area contributed by atoms with Gasteiger partial charge in [-0.1, -0.05) is 34.1 Å². The first-order valence-electron chi connectivity index (χ1n) is 12.5. The van der Waals surface area contributed by atoms with Crippen molar-refractivity contribution in [3.63, 3.8) is 0 Å². The molecule has 28 heavy (non-hydrogen) atoms. The first-order chi connectivity index (χ1) is 13.2. The lowest BCUT2D eigenvalue weighted by Gasteiger charge is -2.71. The van der Waals surface area contributed by atoms with Crippen molar-refractivity contribution < 1.29 is 10.2 Å². The molecule has 0 saturated heterocycles. The SMILES string of the molecule is C[C@@H]1C2CC[C@]3(C)C(CCC4C5CCC[C@]5(CO)CC[C@]43C)[C@@]2(C)CC[C@@H]1O. The summed E-state index contributed by atoms with van der Waals surface area (Å²) in [5, 5.41) is 20.9. The maximum Gasteiger partial charge on any atom is 0.0568 e. The molecule has 0 spiro atoms. The van der Waals surface area contributed by atoms with E-state index in [1.54, 1.807) is 0 Å². The molecule has 0 radical (unpaired) electrons. The molecule has 2 heteroatoms. The molecule has 5 aliphatic rings. The van der Waals surface area contributed by atoms with Crippen molar-refractivity contribution in [3.05, 3.63) is 0 Å². The second kappa shape index (κ2) is 6.22. The van der Waals surface area contributed by atoms with Gasteiger partial charge in [-0.2, -0.15) is 0 Å². The van der Waals surface area contributed by atoms with E-state index in [1.807, 2.05) is 0 Å². The number of hydrogen-bond donors (Lipinski definition) is 2. The zero-order chi connectivity index (χ0) is 19.9. The van der Waals surface area contributed by atoms with Crippen LogP contribution in [0, 0.1) is 51.2 Å². The van der Waals surface area contributed by atoms with E-state index in [4.69, 9.17) is 0 Å². The van der Waals surface area contributed by atoms with Crippen molar-refractivity contribution in [2.24, 2.45) is 51.2 Å². The Morgan fingerprint density at radius 2 is 1.54 bits per heavy atom. The predicted octanol–water partition coefficient (Wildman–Crippen LogP) is 5.80. The summed E-state index contributed by atoms with van der Waals surface area (Å²) in [6, 6.07) is 0. The monoisotopic (exact) mass is 388 g/mol. The molecule has 2 nitrogen and oxygen atoms in total. The van der Waals surface area contributed by atoms with E-state index >= 15 is 0 Å². The van der Waals surface area contributed by atoms with Crippen LogP contribution in [-0.2, 0) is 0 Å². The van der Waals surface area contributed by atoms with Crippen molar-refractivity contribution in [1.82, 2.24) is 0 Å². The van der Waals surface area contributed by atoms with Crippen LogP contribution in [0.25, 0.3) is 0 Å². The number of fused-ring (bicyclic) bond motifs is 7. The van der Waals surface area contributed by atoms with Crippen molar-refractivity contribution in [2.75, 3.05) is 6.61 Å². The average molecular weight is 389 g/mol. The van der Waals surface area contributed by atoms with Gasteiger partial charge in [-0.3, -0.25) is 0 Å². The van der Waals surface area contributed by atoms with Crippen LogP contribution in [0.5, 0.6) is 0 Å². The van der Waals surface area contributed by atoms with Crippen molar-refractivity contribution >= 4 is 0 Å². The van der Waals surface area contributed by atoms with Gasteiger partial charge >= 0.3 is 0 Å². The van der Waals surface area contributed by atoms with Gasteiger partial charge in [-0.05, 0) is 115 Å². The van der Waals surface area contributed by atoms with E-state index in [-0.39, 0.29) is 11.5 Å². The Balaban J connectivity index is 1.51. The first-order valence-corrected chi connectivity index (χ1v) is 12.5.